The first-order valence-corrected chi connectivity index (χ1v) is 6.26. The molecule has 6 nitrogen and oxygen atoms in total. The quantitative estimate of drug-likeness (QED) is 0.744. The van der Waals surface area contributed by atoms with Crippen LogP contribution in [0.5, 0.6) is 0 Å². The van der Waals surface area contributed by atoms with Crippen molar-refractivity contribution in [3.63, 3.8) is 0 Å². The van der Waals surface area contributed by atoms with Gasteiger partial charge in [-0.05, 0) is 25.1 Å². The van der Waals surface area contributed by atoms with Crippen molar-refractivity contribution < 1.29 is 4.79 Å². The van der Waals surface area contributed by atoms with Gasteiger partial charge in [-0.25, -0.2) is 9.97 Å². The van der Waals surface area contributed by atoms with Gasteiger partial charge in [0.1, 0.15) is 0 Å². The van der Waals surface area contributed by atoms with E-state index in [1.54, 1.807) is 24.4 Å². The lowest BCUT2D eigenvalue weighted by Crippen LogP contribution is -2.23. The molecular weight excluding hydrogens is 242 g/mol. The monoisotopic (exact) mass is 257 g/mol. The van der Waals surface area contributed by atoms with Crippen LogP contribution in [0.3, 0.4) is 0 Å². The minimum absolute atomic E-state index is 0.358. The van der Waals surface area contributed by atoms with Gasteiger partial charge >= 0.3 is 0 Å². The average Bonchev–Trinajstić information content (AvgIpc) is 2.90. The summed E-state index contributed by atoms with van der Waals surface area (Å²) in [6.45, 7) is 1.93. The maximum Gasteiger partial charge on any atom is 0.248 e. The Morgan fingerprint density at radius 1 is 1.47 bits per heavy atom. The van der Waals surface area contributed by atoms with Crippen LogP contribution in [-0.4, -0.2) is 35.0 Å². The smallest absolute Gasteiger partial charge is 0.248 e. The fraction of sp³-hybridized carbons (Fsp3) is 0.308. The van der Waals surface area contributed by atoms with E-state index in [1.165, 1.54) is 0 Å². The number of primary amides is 1. The Balaban J connectivity index is 1.91. The minimum atomic E-state index is -0.449. The van der Waals surface area contributed by atoms with Crippen molar-refractivity contribution in [3.8, 4) is 0 Å². The fourth-order valence-electron chi connectivity index (χ4n) is 2.21. The summed E-state index contributed by atoms with van der Waals surface area (Å²) in [5.74, 6) is 0.137. The molecule has 1 saturated heterocycles. The van der Waals surface area contributed by atoms with E-state index in [0.29, 0.717) is 17.6 Å². The maximum atomic E-state index is 11.2. The summed E-state index contributed by atoms with van der Waals surface area (Å²) in [4.78, 5) is 19.9. The van der Waals surface area contributed by atoms with Gasteiger partial charge in [0.25, 0.3) is 0 Å². The minimum Gasteiger partial charge on any atom is -0.366 e. The van der Waals surface area contributed by atoms with E-state index in [0.717, 1.165) is 30.4 Å². The van der Waals surface area contributed by atoms with Crippen molar-refractivity contribution in [2.75, 3.05) is 18.4 Å². The van der Waals surface area contributed by atoms with Crippen molar-refractivity contribution in [2.45, 2.75) is 12.5 Å². The van der Waals surface area contributed by atoms with Crippen molar-refractivity contribution >= 4 is 22.8 Å². The van der Waals surface area contributed by atoms with E-state index in [9.17, 15) is 4.79 Å². The first-order chi connectivity index (χ1) is 9.22. The zero-order valence-electron chi connectivity index (χ0n) is 10.4. The van der Waals surface area contributed by atoms with Gasteiger partial charge in [0.2, 0.25) is 11.9 Å². The van der Waals surface area contributed by atoms with Gasteiger partial charge in [-0.2, -0.15) is 0 Å². The third-order valence-corrected chi connectivity index (χ3v) is 3.26. The zero-order valence-corrected chi connectivity index (χ0v) is 10.4. The van der Waals surface area contributed by atoms with E-state index < -0.39 is 5.91 Å². The van der Waals surface area contributed by atoms with Crippen LogP contribution in [0.4, 0.5) is 5.95 Å². The number of aromatic nitrogens is 2. The van der Waals surface area contributed by atoms with Gasteiger partial charge in [0.05, 0.1) is 5.52 Å². The molecule has 0 saturated carbocycles. The number of hydrogen-bond acceptors (Lipinski definition) is 5. The van der Waals surface area contributed by atoms with Crippen LogP contribution in [0.1, 0.15) is 16.8 Å². The van der Waals surface area contributed by atoms with Crippen LogP contribution in [0.2, 0.25) is 0 Å². The summed E-state index contributed by atoms with van der Waals surface area (Å²) in [7, 11) is 0. The number of amides is 1. The predicted molar refractivity (Wildman–Crippen MR) is 73.0 cm³/mol. The molecule has 0 bridgehead atoms. The lowest BCUT2D eigenvalue weighted by molar-refractivity contribution is 0.100. The molecule has 3 rings (SSSR count). The molecule has 1 fully saturated rings. The molecule has 1 aromatic heterocycles. The second-order valence-corrected chi connectivity index (χ2v) is 4.67. The molecule has 4 N–H and O–H groups in total. The summed E-state index contributed by atoms with van der Waals surface area (Å²) in [5.41, 5.74) is 6.45. The molecule has 1 amide bonds. The molecule has 1 unspecified atom stereocenters. The van der Waals surface area contributed by atoms with Gasteiger partial charge in [-0.1, -0.05) is 6.07 Å². The Bertz CT molecular complexity index is 621. The molecule has 1 aromatic carbocycles. The highest BCUT2D eigenvalue weighted by Gasteiger charge is 2.15. The normalized spacial score (nSPS) is 18.6. The van der Waals surface area contributed by atoms with Crippen LogP contribution in [0, 0.1) is 0 Å². The molecule has 2 heterocycles. The van der Waals surface area contributed by atoms with Crippen LogP contribution in [0.15, 0.2) is 24.4 Å². The summed E-state index contributed by atoms with van der Waals surface area (Å²) < 4.78 is 0. The van der Waals surface area contributed by atoms with Crippen LogP contribution in [0.25, 0.3) is 10.9 Å². The first kappa shape index (κ1) is 11.9. The zero-order chi connectivity index (χ0) is 13.2. The van der Waals surface area contributed by atoms with Gasteiger partial charge in [0, 0.05) is 29.7 Å². The third-order valence-electron chi connectivity index (χ3n) is 3.26. The Labute approximate surface area is 110 Å². The van der Waals surface area contributed by atoms with Crippen molar-refractivity contribution in [2.24, 2.45) is 5.73 Å². The van der Waals surface area contributed by atoms with Crippen LogP contribution < -0.4 is 16.4 Å². The molecule has 1 aliphatic heterocycles. The molecule has 98 valence electrons. The van der Waals surface area contributed by atoms with E-state index in [2.05, 4.69) is 20.6 Å². The SMILES string of the molecule is NC(=O)c1ccc2cnc(NC3CCNC3)nc2c1. The summed E-state index contributed by atoms with van der Waals surface area (Å²) in [6.07, 6.45) is 2.81. The third kappa shape index (κ3) is 2.48. The van der Waals surface area contributed by atoms with Crippen LogP contribution >= 0.6 is 0 Å². The van der Waals surface area contributed by atoms with Crippen molar-refractivity contribution in [1.82, 2.24) is 15.3 Å². The summed E-state index contributed by atoms with van der Waals surface area (Å²) in [6, 6.07) is 5.53. The standard InChI is InChI=1S/C13H15N5O/c14-12(19)8-1-2-9-6-16-13(18-11(9)5-8)17-10-3-4-15-7-10/h1-2,5-6,10,15H,3-4,7H2,(H2,14,19)(H,16,17,18). The largest absolute Gasteiger partial charge is 0.366 e. The molecule has 2 aromatic rings. The van der Waals surface area contributed by atoms with Gasteiger partial charge in [-0.3, -0.25) is 4.79 Å². The summed E-state index contributed by atoms with van der Waals surface area (Å²) in [5, 5.41) is 7.44. The molecule has 0 spiro atoms. The lowest BCUT2D eigenvalue weighted by Gasteiger charge is -2.11. The molecular formula is C13H15N5O. The van der Waals surface area contributed by atoms with Crippen molar-refractivity contribution in [3.05, 3.63) is 30.0 Å². The van der Waals surface area contributed by atoms with E-state index in [1.807, 2.05) is 0 Å². The highest BCUT2D eigenvalue weighted by Crippen LogP contribution is 2.15. The van der Waals surface area contributed by atoms with Gasteiger partial charge in [-0.15, -0.1) is 0 Å². The number of fused-ring (bicyclic) bond motifs is 1. The average molecular weight is 257 g/mol. The number of nitrogens with one attached hydrogen (secondary N) is 2. The van der Waals surface area contributed by atoms with Crippen molar-refractivity contribution in [1.29, 1.82) is 0 Å². The number of nitrogens with zero attached hydrogens (tertiary/aromatic N) is 2. The number of carbonyl (C=O) groups is 1. The number of benzene rings is 1. The van der Waals surface area contributed by atoms with Crippen LogP contribution in [-0.2, 0) is 0 Å². The Kier molecular flexibility index (Phi) is 3.00. The Morgan fingerprint density at radius 2 is 2.37 bits per heavy atom. The molecule has 0 aliphatic carbocycles. The molecule has 19 heavy (non-hydrogen) atoms. The second kappa shape index (κ2) is 4.81. The Morgan fingerprint density at radius 3 is 3.11 bits per heavy atom. The summed E-state index contributed by atoms with van der Waals surface area (Å²) >= 11 is 0. The van der Waals surface area contributed by atoms with E-state index in [-0.39, 0.29) is 0 Å². The van der Waals surface area contributed by atoms with E-state index >= 15 is 0 Å². The maximum absolute atomic E-state index is 11.2. The second-order valence-electron chi connectivity index (χ2n) is 4.67. The number of carbonyl (C=O) groups excluding carboxylic acids is 1. The van der Waals surface area contributed by atoms with Gasteiger partial charge < -0.3 is 16.4 Å². The number of hydrogen-bond donors (Lipinski definition) is 3. The Hall–Kier alpha value is -2.21. The molecule has 6 heteroatoms. The number of nitrogens with two attached hydrogens (primary N) is 1. The highest BCUT2D eigenvalue weighted by atomic mass is 16.1. The molecule has 0 radical (unpaired) electrons. The number of rotatable bonds is 3. The first-order valence-electron chi connectivity index (χ1n) is 6.26. The predicted octanol–water partition coefficient (Wildman–Crippen LogP) is 0.502. The number of anilines is 1. The highest BCUT2D eigenvalue weighted by molar-refractivity contribution is 5.96. The fourth-order valence-corrected chi connectivity index (χ4v) is 2.21. The topological polar surface area (TPSA) is 92.9 Å². The van der Waals surface area contributed by atoms with Gasteiger partial charge in [0.15, 0.2) is 0 Å². The molecule has 1 aliphatic rings. The lowest BCUT2D eigenvalue weighted by atomic mass is 10.1. The molecule has 1 atom stereocenters. The van der Waals surface area contributed by atoms with E-state index in [4.69, 9.17) is 5.73 Å².